The van der Waals surface area contributed by atoms with Crippen LogP contribution in [0.2, 0.25) is 0 Å². The van der Waals surface area contributed by atoms with Gasteiger partial charge in [0.1, 0.15) is 5.82 Å². The van der Waals surface area contributed by atoms with Crippen molar-refractivity contribution in [1.82, 2.24) is 9.97 Å². The summed E-state index contributed by atoms with van der Waals surface area (Å²) in [6.45, 7) is 1.38. The Hall–Kier alpha value is -1.65. The molecule has 0 fully saturated rings. The zero-order chi connectivity index (χ0) is 8.27. The highest BCUT2D eigenvalue weighted by molar-refractivity contribution is 5.86. The lowest BCUT2D eigenvalue weighted by Gasteiger charge is -1.98. The molecule has 58 valence electrons. The molecule has 0 radical (unpaired) electrons. The summed E-state index contributed by atoms with van der Waals surface area (Å²) in [6.07, 6.45) is 1.48. The van der Waals surface area contributed by atoms with E-state index in [1.807, 2.05) is 0 Å². The smallest absolute Gasteiger partial charge is 0.231 e. The van der Waals surface area contributed by atoms with Crippen LogP contribution in [0.25, 0.3) is 0 Å². The first-order chi connectivity index (χ1) is 5.18. The van der Waals surface area contributed by atoms with Crippen molar-refractivity contribution >= 4 is 17.7 Å². The number of aromatic nitrogens is 2. The van der Waals surface area contributed by atoms with Crippen LogP contribution in [0.4, 0.5) is 11.8 Å². The number of hydrogen-bond acceptors (Lipinski definition) is 4. The van der Waals surface area contributed by atoms with E-state index < -0.39 is 0 Å². The van der Waals surface area contributed by atoms with Crippen molar-refractivity contribution < 1.29 is 4.79 Å². The van der Waals surface area contributed by atoms with Gasteiger partial charge in [-0.25, -0.2) is 4.98 Å². The Morgan fingerprint density at radius 3 is 3.00 bits per heavy atom. The van der Waals surface area contributed by atoms with Crippen LogP contribution >= 0.6 is 0 Å². The van der Waals surface area contributed by atoms with Gasteiger partial charge in [0, 0.05) is 13.1 Å². The van der Waals surface area contributed by atoms with Crippen LogP contribution in [0.1, 0.15) is 6.92 Å². The molecule has 5 nitrogen and oxygen atoms in total. The van der Waals surface area contributed by atoms with E-state index >= 15 is 0 Å². The molecule has 0 saturated heterocycles. The molecular weight excluding hydrogens is 144 g/mol. The summed E-state index contributed by atoms with van der Waals surface area (Å²) < 4.78 is 0. The summed E-state index contributed by atoms with van der Waals surface area (Å²) in [6, 6.07) is 1.55. The number of nitrogens with zero attached hydrogens (tertiary/aromatic N) is 2. The van der Waals surface area contributed by atoms with Gasteiger partial charge in [-0.2, -0.15) is 4.98 Å². The van der Waals surface area contributed by atoms with Crippen LogP contribution in [0.3, 0.4) is 0 Å². The molecule has 0 unspecified atom stereocenters. The predicted molar refractivity (Wildman–Crippen MR) is 40.7 cm³/mol. The molecule has 1 rings (SSSR count). The Kier molecular flexibility index (Phi) is 2.00. The third-order valence-corrected chi connectivity index (χ3v) is 0.965. The van der Waals surface area contributed by atoms with Crippen molar-refractivity contribution in [1.29, 1.82) is 0 Å². The van der Waals surface area contributed by atoms with E-state index in [0.29, 0.717) is 5.82 Å². The summed E-state index contributed by atoms with van der Waals surface area (Å²) in [5.74, 6) is 0.358. The van der Waals surface area contributed by atoms with E-state index in [4.69, 9.17) is 5.73 Å². The van der Waals surface area contributed by atoms with Crippen LogP contribution < -0.4 is 11.1 Å². The summed E-state index contributed by atoms with van der Waals surface area (Å²) in [5.41, 5.74) is 5.33. The fourth-order valence-corrected chi connectivity index (χ4v) is 0.590. The highest BCUT2D eigenvalue weighted by Crippen LogP contribution is 1.99. The molecule has 0 aliphatic rings. The first-order valence-corrected chi connectivity index (χ1v) is 3.04. The van der Waals surface area contributed by atoms with E-state index in [-0.39, 0.29) is 11.9 Å². The second-order valence-corrected chi connectivity index (χ2v) is 1.99. The van der Waals surface area contributed by atoms with Crippen LogP contribution in [-0.2, 0) is 4.79 Å². The summed E-state index contributed by atoms with van der Waals surface area (Å²) in [5, 5.41) is 2.40. The van der Waals surface area contributed by atoms with Gasteiger partial charge in [-0.1, -0.05) is 0 Å². The van der Waals surface area contributed by atoms with Gasteiger partial charge in [0.2, 0.25) is 11.9 Å². The second kappa shape index (κ2) is 2.96. The van der Waals surface area contributed by atoms with Crippen LogP contribution in [0.15, 0.2) is 12.3 Å². The minimum atomic E-state index is -0.212. The topological polar surface area (TPSA) is 80.9 Å². The van der Waals surface area contributed by atoms with Crippen LogP contribution in [0, 0.1) is 0 Å². The quantitative estimate of drug-likeness (QED) is 0.594. The Labute approximate surface area is 63.7 Å². The van der Waals surface area contributed by atoms with Gasteiger partial charge < -0.3 is 5.73 Å². The van der Waals surface area contributed by atoms with Crippen molar-refractivity contribution in [2.75, 3.05) is 11.1 Å². The van der Waals surface area contributed by atoms with Gasteiger partial charge in [0.05, 0.1) is 0 Å². The number of carbonyl (C=O) groups excluding carboxylic acids is 1. The Bertz CT molecular complexity index is 273. The fourth-order valence-electron chi connectivity index (χ4n) is 0.590. The zero-order valence-corrected chi connectivity index (χ0v) is 6.03. The van der Waals surface area contributed by atoms with Crippen molar-refractivity contribution in [3.63, 3.8) is 0 Å². The van der Waals surface area contributed by atoms with Gasteiger partial charge in [-0.3, -0.25) is 10.1 Å². The molecule has 0 spiro atoms. The van der Waals surface area contributed by atoms with Crippen molar-refractivity contribution in [3.8, 4) is 0 Å². The maximum absolute atomic E-state index is 10.5. The third kappa shape index (κ3) is 2.21. The van der Waals surface area contributed by atoms with Crippen LogP contribution in [0.5, 0.6) is 0 Å². The van der Waals surface area contributed by atoms with Gasteiger partial charge in [0.15, 0.2) is 0 Å². The van der Waals surface area contributed by atoms with Gasteiger partial charge >= 0.3 is 0 Å². The zero-order valence-electron chi connectivity index (χ0n) is 6.03. The molecule has 0 bridgehead atoms. The summed E-state index contributed by atoms with van der Waals surface area (Å²) in [7, 11) is 0. The normalized spacial score (nSPS) is 9.18. The molecule has 0 atom stereocenters. The lowest BCUT2D eigenvalue weighted by Crippen LogP contribution is -2.09. The van der Waals surface area contributed by atoms with E-state index in [0.717, 1.165) is 0 Å². The van der Waals surface area contributed by atoms with Crippen molar-refractivity contribution in [3.05, 3.63) is 12.3 Å². The summed E-state index contributed by atoms with van der Waals surface area (Å²) in [4.78, 5) is 18.0. The van der Waals surface area contributed by atoms with Crippen LogP contribution in [-0.4, -0.2) is 15.9 Å². The molecular formula is C6H8N4O. The largest absolute Gasteiger partial charge is 0.384 e. The molecule has 5 heteroatoms. The number of anilines is 2. The Morgan fingerprint density at radius 1 is 1.73 bits per heavy atom. The summed E-state index contributed by atoms with van der Waals surface area (Å²) >= 11 is 0. The molecule has 1 aromatic rings. The van der Waals surface area contributed by atoms with E-state index in [1.165, 1.54) is 13.1 Å². The lowest BCUT2D eigenvalue weighted by molar-refractivity contribution is -0.114. The van der Waals surface area contributed by atoms with E-state index in [2.05, 4.69) is 15.3 Å². The molecule has 0 saturated carbocycles. The lowest BCUT2D eigenvalue weighted by atomic mass is 10.6. The Balaban J connectivity index is 2.79. The standard InChI is InChI=1S/C6H8N4O/c1-4(11)9-6-8-3-2-5(7)10-6/h2-3H,1H3,(H3,7,8,9,10,11). The van der Waals surface area contributed by atoms with Crippen molar-refractivity contribution in [2.24, 2.45) is 0 Å². The van der Waals surface area contributed by atoms with Crippen molar-refractivity contribution in [2.45, 2.75) is 6.92 Å². The first kappa shape index (κ1) is 7.46. The molecule has 3 N–H and O–H groups in total. The number of carbonyl (C=O) groups is 1. The minimum absolute atomic E-state index is 0.212. The van der Waals surface area contributed by atoms with E-state index in [9.17, 15) is 4.79 Å². The Morgan fingerprint density at radius 2 is 2.45 bits per heavy atom. The maximum atomic E-state index is 10.5. The number of rotatable bonds is 1. The molecule has 0 aromatic carbocycles. The molecule has 1 heterocycles. The average Bonchev–Trinajstić information content (AvgIpc) is 1.85. The monoisotopic (exact) mass is 152 g/mol. The predicted octanol–water partition coefficient (Wildman–Crippen LogP) is 0.0172. The first-order valence-electron chi connectivity index (χ1n) is 3.04. The number of nitrogen functional groups attached to an aromatic ring is 1. The molecule has 1 aromatic heterocycles. The molecule has 0 aliphatic carbocycles. The number of amides is 1. The second-order valence-electron chi connectivity index (χ2n) is 1.99. The number of nitrogens with two attached hydrogens (primary N) is 1. The minimum Gasteiger partial charge on any atom is -0.384 e. The number of hydrogen-bond donors (Lipinski definition) is 2. The molecule has 11 heavy (non-hydrogen) atoms. The maximum Gasteiger partial charge on any atom is 0.231 e. The van der Waals surface area contributed by atoms with E-state index in [1.54, 1.807) is 6.07 Å². The fraction of sp³-hybridized carbons (Fsp3) is 0.167. The highest BCUT2D eigenvalue weighted by atomic mass is 16.1. The van der Waals surface area contributed by atoms with Gasteiger partial charge in [-0.15, -0.1) is 0 Å². The third-order valence-electron chi connectivity index (χ3n) is 0.965. The van der Waals surface area contributed by atoms with Gasteiger partial charge in [0.25, 0.3) is 0 Å². The SMILES string of the molecule is CC(=O)Nc1nccc(N)n1. The highest BCUT2D eigenvalue weighted by Gasteiger charge is 1.96. The number of nitrogens with one attached hydrogen (secondary N) is 1. The molecule has 0 aliphatic heterocycles. The van der Waals surface area contributed by atoms with Gasteiger partial charge in [-0.05, 0) is 6.07 Å². The average molecular weight is 152 g/mol. The molecule has 1 amide bonds.